The number of nitrogen functional groups attached to an aromatic ring is 1. The molecule has 0 fully saturated rings. The molecule has 0 amide bonds. The van der Waals surface area contributed by atoms with Gasteiger partial charge in [0.05, 0.1) is 11.5 Å². The number of nitrogens with zero attached hydrogens (tertiary/aromatic N) is 2. The van der Waals surface area contributed by atoms with E-state index in [0.717, 1.165) is 18.8 Å². The summed E-state index contributed by atoms with van der Waals surface area (Å²) < 4.78 is 5.30. The van der Waals surface area contributed by atoms with Crippen molar-refractivity contribution in [3.8, 4) is 0 Å². The average Bonchev–Trinajstić information content (AvgIpc) is 2.34. The highest BCUT2D eigenvalue weighted by Crippen LogP contribution is 2.26. The molecule has 6 nitrogen and oxygen atoms in total. The summed E-state index contributed by atoms with van der Waals surface area (Å²) in [5, 5.41) is 10.7. The lowest BCUT2D eigenvalue weighted by Crippen LogP contribution is -2.27. The number of rotatable bonds is 7. The quantitative estimate of drug-likeness (QED) is 0.348. The van der Waals surface area contributed by atoms with Crippen molar-refractivity contribution < 1.29 is 9.66 Å². The Morgan fingerprint density at radius 3 is 2.67 bits per heavy atom. The molecule has 0 saturated heterocycles. The molecule has 0 bridgehead atoms. The van der Waals surface area contributed by atoms with Crippen LogP contribution in [0.5, 0.6) is 0 Å². The molecule has 6 heteroatoms. The zero-order valence-electron chi connectivity index (χ0n) is 10.8. The average molecular weight is 253 g/mol. The molecular formula is C12H19N3O3. The van der Waals surface area contributed by atoms with Crippen molar-refractivity contribution in [2.24, 2.45) is 0 Å². The van der Waals surface area contributed by atoms with Crippen LogP contribution in [0.1, 0.15) is 13.8 Å². The molecule has 1 aromatic rings. The van der Waals surface area contributed by atoms with Gasteiger partial charge in [-0.2, -0.15) is 0 Å². The maximum absolute atomic E-state index is 10.7. The number of nitrogens with two attached hydrogens (primary N) is 1. The fraction of sp³-hybridized carbons (Fsp3) is 0.500. The third-order valence-electron chi connectivity index (χ3n) is 2.66. The summed E-state index contributed by atoms with van der Waals surface area (Å²) in [5.41, 5.74) is 6.68. The third kappa shape index (κ3) is 3.59. The number of hydrogen-bond acceptors (Lipinski definition) is 5. The standard InChI is InChI=1S/C12H19N3O3/c1-3-14(7-8-18-4-2)10-5-6-12(15(16)17)11(13)9-10/h5-6,9H,3-4,7-8,13H2,1-2H3. The van der Waals surface area contributed by atoms with Crippen molar-refractivity contribution in [3.05, 3.63) is 28.3 Å². The van der Waals surface area contributed by atoms with Gasteiger partial charge in [0.2, 0.25) is 0 Å². The van der Waals surface area contributed by atoms with E-state index in [2.05, 4.69) is 4.90 Å². The van der Waals surface area contributed by atoms with Gasteiger partial charge < -0.3 is 15.4 Å². The van der Waals surface area contributed by atoms with Gasteiger partial charge in [-0.1, -0.05) is 0 Å². The molecule has 0 saturated carbocycles. The zero-order valence-corrected chi connectivity index (χ0v) is 10.8. The summed E-state index contributed by atoms with van der Waals surface area (Å²) >= 11 is 0. The minimum Gasteiger partial charge on any atom is -0.393 e. The predicted octanol–water partition coefficient (Wildman–Crippen LogP) is 2.04. The lowest BCUT2D eigenvalue weighted by atomic mass is 10.2. The van der Waals surface area contributed by atoms with E-state index in [0.29, 0.717) is 13.2 Å². The fourth-order valence-electron chi connectivity index (χ4n) is 1.69. The van der Waals surface area contributed by atoms with Crippen LogP contribution in [0.25, 0.3) is 0 Å². The van der Waals surface area contributed by atoms with Gasteiger partial charge in [0.1, 0.15) is 5.69 Å². The second-order valence-electron chi connectivity index (χ2n) is 3.78. The van der Waals surface area contributed by atoms with Crippen molar-refractivity contribution in [1.82, 2.24) is 0 Å². The summed E-state index contributed by atoms with van der Waals surface area (Å²) in [6, 6.07) is 4.78. The van der Waals surface area contributed by atoms with E-state index in [-0.39, 0.29) is 11.4 Å². The molecule has 18 heavy (non-hydrogen) atoms. The van der Waals surface area contributed by atoms with Gasteiger partial charge in [0.15, 0.2) is 0 Å². The number of anilines is 2. The van der Waals surface area contributed by atoms with Crippen LogP contribution in [0.4, 0.5) is 17.1 Å². The van der Waals surface area contributed by atoms with Crippen molar-refractivity contribution in [3.63, 3.8) is 0 Å². The second kappa shape index (κ2) is 6.80. The monoisotopic (exact) mass is 253 g/mol. The molecule has 0 aliphatic rings. The molecule has 0 unspecified atom stereocenters. The first-order valence-electron chi connectivity index (χ1n) is 5.96. The van der Waals surface area contributed by atoms with Gasteiger partial charge in [-0.05, 0) is 26.0 Å². The van der Waals surface area contributed by atoms with E-state index < -0.39 is 4.92 Å². The number of nitro benzene ring substituents is 1. The Morgan fingerprint density at radius 2 is 2.17 bits per heavy atom. The molecule has 1 aromatic carbocycles. The highest BCUT2D eigenvalue weighted by atomic mass is 16.6. The number of benzene rings is 1. The first-order valence-corrected chi connectivity index (χ1v) is 5.96. The number of hydrogen-bond donors (Lipinski definition) is 1. The highest BCUT2D eigenvalue weighted by molar-refractivity contribution is 5.66. The van der Waals surface area contributed by atoms with E-state index >= 15 is 0 Å². The SMILES string of the molecule is CCOCCN(CC)c1ccc([N+](=O)[O-])c(N)c1. The smallest absolute Gasteiger partial charge is 0.292 e. The molecule has 0 aliphatic carbocycles. The third-order valence-corrected chi connectivity index (χ3v) is 2.66. The number of nitro groups is 1. The molecule has 0 radical (unpaired) electrons. The van der Waals surface area contributed by atoms with Crippen molar-refractivity contribution in [2.75, 3.05) is 36.9 Å². The van der Waals surface area contributed by atoms with Crippen LogP contribution in [-0.2, 0) is 4.74 Å². The largest absolute Gasteiger partial charge is 0.393 e. The van der Waals surface area contributed by atoms with Crippen LogP contribution in [0.15, 0.2) is 18.2 Å². The zero-order chi connectivity index (χ0) is 13.5. The number of ether oxygens (including phenoxy) is 1. The highest BCUT2D eigenvalue weighted by Gasteiger charge is 2.13. The van der Waals surface area contributed by atoms with Crippen LogP contribution < -0.4 is 10.6 Å². The maximum Gasteiger partial charge on any atom is 0.292 e. The summed E-state index contributed by atoms with van der Waals surface area (Å²) in [7, 11) is 0. The number of likely N-dealkylation sites (N-methyl/N-ethyl adjacent to an activating group) is 1. The van der Waals surface area contributed by atoms with E-state index in [9.17, 15) is 10.1 Å². The topological polar surface area (TPSA) is 81.6 Å². The van der Waals surface area contributed by atoms with E-state index in [1.54, 1.807) is 12.1 Å². The molecule has 0 aliphatic heterocycles. The molecule has 0 atom stereocenters. The van der Waals surface area contributed by atoms with Crippen LogP contribution >= 0.6 is 0 Å². The molecule has 2 N–H and O–H groups in total. The molecule has 1 rings (SSSR count). The normalized spacial score (nSPS) is 10.3. The van der Waals surface area contributed by atoms with E-state index in [1.807, 2.05) is 13.8 Å². The fourth-order valence-corrected chi connectivity index (χ4v) is 1.69. The van der Waals surface area contributed by atoms with Gasteiger partial charge in [-0.25, -0.2) is 0 Å². The lowest BCUT2D eigenvalue weighted by molar-refractivity contribution is -0.383. The molecule has 0 spiro atoms. The molecule has 0 heterocycles. The van der Waals surface area contributed by atoms with Gasteiger partial charge in [0, 0.05) is 31.5 Å². The van der Waals surface area contributed by atoms with Crippen LogP contribution in [-0.4, -0.2) is 31.2 Å². The Bertz CT molecular complexity index is 410. The Labute approximate surface area is 106 Å². The van der Waals surface area contributed by atoms with Crippen molar-refractivity contribution in [2.45, 2.75) is 13.8 Å². The first kappa shape index (κ1) is 14.2. The Balaban J connectivity index is 2.80. The Morgan fingerprint density at radius 1 is 1.44 bits per heavy atom. The molecule has 100 valence electrons. The van der Waals surface area contributed by atoms with Crippen LogP contribution in [0.3, 0.4) is 0 Å². The summed E-state index contributed by atoms with van der Waals surface area (Å²) in [4.78, 5) is 12.3. The minimum absolute atomic E-state index is 0.0559. The summed E-state index contributed by atoms with van der Waals surface area (Å²) in [6.07, 6.45) is 0. The Kier molecular flexibility index (Phi) is 5.38. The van der Waals surface area contributed by atoms with Gasteiger partial charge in [-0.3, -0.25) is 10.1 Å². The van der Waals surface area contributed by atoms with Gasteiger partial charge in [0.25, 0.3) is 5.69 Å². The van der Waals surface area contributed by atoms with Crippen molar-refractivity contribution >= 4 is 17.1 Å². The predicted molar refractivity (Wildman–Crippen MR) is 71.9 cm³/mol. The van der Waals surface area contributed by atoms with Crippen molar-refractivity contribution in [1.29, 1.82) is 0 Å². The molecular weight excluding hydrogens is 234 g/mol. The summed E-state index contributed by atoms with van der Waals surface area (Å²) in [6.45, 7) is 6.80. The van der Waals surface area contributed by atoms with Gasteiger partial charge >= 0.3 is 0 Å². The van der Waals surface area contributed by atoms with Crippen LogP contribution in [0, 0.1) is 10.1 Å². The Hall–Kier alpha value is -1.82. The minimum atomic E-state index is -0.477. The lowest BCUT2D eigenvalue weighted by Gasteiger charge is -2.23. The second-order valence-corrected chi connectivity index (χ2v) is 3.78. The first-order chi connectivity index (χ1) is 8.60. The van der Waals surface area contributed by atoms with Gasteiger partial charge in [-0.15, -0.1) is 0 Å². The maximum atomic E-state index is 10.7. The van der Waals surface area contributed by atoms with E-state index in [1.165, 1.54) is 6.07 Å². The van der Waals surface area contributed by atoms with E-state index in [4.69, 9.17) is 10.5 Å². The summed E-state index contributed by atoms with van der Waals surface area (Å²) in [5.74, 6) is 0. The van der Waals surface area contributed by atoms with Crippen LogP contribution in [0.2, 0.25) is 0 Å². The molecule has 0 aromatic heterocycles.